The summed E-state index contributed by atoms with van der Waals surface area (Å²) in [4.78, 5) is 39.0. The van der Waals surface area contributed by atoms with Gasteiger partial charge in [-0.05, 0) is 110 Å². The van der Waals surface area contributed by atoms with E-state index in [0.29, 0.717) is 49.0 Å². The summed E-state index contributed by atoms with van der Waals surface area (Å²) in [5.74, 6) is -1.65. The highest BCUT2D eigenvalue weighted by Gasteiger charge is 2.45. The van der Waals surface area contributed by atoms with Crippen LogP contribution in [0.5, 0.6) is 0 Å². The maximum absolute atomic E-state index is 13.8. The van der Waals surface area contributed by atoms with Gasteiger partial charge in [0.1, 0.15) is 17.7 Å². The fraction of sp³-hybridized carbons (Fsp3) is 0.324. The minimum atomic E-state index is -1.17. The van der Waals surface area contributed by atoms with Crippen LogP contribution in [0.1, 0.15) is 69.2 Å². The first-order valence-corrected chi connectivity index (χ1v) is 14.9. The first-order chi connectivity index (χ1) is 21.5. The molecule has 1 heterocycles. The molecule has 10 nitrogen and oxygen atoms in total. The van der Waals surface area contributed by atoms with Crippen LogP contribution in [-0.2, 0) is 23.1 Å². The number of carbonyl (C=O) groups excluding carboxylic acids is 3. The molecule has 0 aromatic heterocycles. The lowest BCUT2D eigenvalue weighted by atomic mass is 9.67. The van der Waals surface area contributed by atoms with Gasteiger partial charge >= 0.3 is 0 Å². The van der Waals surface area contributed by atoms with Crippen LogP contribution < -0.4 is 22.1 Å². The number of amides is 3. The molecule has 5 rings (SSSR count). The zero-order chi connectivity index (χ0) is 32.3. The molecule has 1 saturated heterocycles. The molecule has 1 aliphatic carbocycles. The maximum atomic E-state index is 13.8. The van der Waals surface area contributed by atoms with Crippen LogP contribution in [0.2, 0.25) is 0 Å². The number of anilines is 1. The molecule has 0 bridgehead atoms. The van der Waals surface area contributed by atoms with E-state index in [1.165, 1.54) is 12.1 Å². The van der Waals surface area contributed by atoms with E-state index in [0.717, 1.165) is 28.7 Å². The predicted molar refractivity (Wildman–Crippen MR) is 168 cm³/mol. The number of hydrogen-bond donors (Lipinski definition) is 5. The van der Waals surface area contributed by atoms with Crippen LogP contribution in [0.3, 0.4) is 0 Å². The summed E-state index contributed by atoms with van der Waals surface area (Å²) in [5, 5.41) is 25.6. The second-order valence-corrected chi connectivity index (χ2v) is 11.7. The molecule has 11 heteroatoms. The smallest absolute Gasteiger partial charge is 0.248 e. The molecule has 0 unspecified atom stereocenters. The summed E-state index contributed by atoms with van der Waals surface area (Å²) in [6, 6.07) is 17.5. The number of likely N-dealkylation sites (tertiary alicyclic amines) is 1. The highest BCUT2D eigenvalue weighted by atomic mass is 19.1. The Morgan fingerprint density at radius 3 is 2.13 bits per heavy atom. The van der Waals surface area contributed by atoms with Gasteiger partial charge in [0.2, 0.25) is 17.7 Å². The quantitative estimate of drug-likeness (QED) is 0.183. The summed E-state index contributed by atoms with van der Waals surface area (Å²) < 4.78 is 13.8. The first-order valence-electron chi connectivity index (χ1n) is 14.9. The van der Waals surface area contributed by atoms with E-state index >= 15 is 0 Å². The third kappa shape index (κ3) is 6.28. The molecule has 2 aliphatic rings. The van der Waals surface area contributed by atoms with E-state index < -0.39 is 29.1 Å². The Kier molecular flexibility index (Phi) is 8.97. The number of amidine groups is 1. The van der Waals surface area contributed by atoms with Gasteiger partial charge in [0.25, 0.3) is 0 Å². The second kappa shape index (κ2) is 12.9. The van der Waals surface area contributed by atoms with E-state index in [1.54, 1.807) is 41.3 Å². The van der Waals surface area contributed by atoms with E-state index in [1.807, 2.05) is 19.1 Å². The fourth-order valence-electron chi connectivity index (χ4n) is 6.62. The van der Waals surface area contributed by atoms with Crippen molar-refractivity contribution in [2.24, 2.45) is 11.5 Å². The largest absolute Gasteiger partial charge is 0.366 e. The standard InChI is InChI=1S/C34H36FN7O3/c1-20(40-19-30(43)42-14-2-3-27(42)18-36)17-34(33(39)41-26-10-8-25(35)9-11-26)28-12-6-23(31(37)44)15-21(28)4-5-22-16-24(32(38)45)7-13-29(22)34/h6-13,15-16,20,27,40H,2-5,14,17,19H2,1H3,(H2,37,44)(H2,38,45)(H2,39,41)/t20-,27+/m1/s1. The van der Waals surface area contributed by atoms with Crippen molar-refractivity contribution in [2.45, 2.75) is 56.5 Å². The molecule has 7 N–H and O–H groups in total. The van der Waals surface area contributed by atoms with Crippen LogP contribution in [0.25, 0.3) is 0 Å². The Balaban J connectivity index is 1.61. The molecule has 1 fully saturated rings. The van der Waals surface area contributed by atoms with Crippen molar-refractivity contribution in [3.8, 4) is 6.07 Å². The SMILES string of the molecule is C[C@H](CC1(C(=N)Nc2ccc(F)cc2)c2ccc(C(N)=O)cc2CCc2cc(C(N)=O)ccc21)NCC(=O)N1CCC[C@H]1C#N. The van der Waals surface area contributed by atoms with Gasteiger partial charge in [-0.2, -0.15) is 5.26 Å². The summed E-state index contributed by atoms with van der Waals surface area (Å²) in [6.45, 7) is 2.47. The van der Waals surface area contributed by atoms with Gasteiger partial charge in [0, 0.05) is 29.4 Å². The average Bonchev–Trinajstić information content (AvgIpc) is 3.46. The number of aryl methyl sites for hydroxylation is 2. The number of nitrogens with zero attached hydrogens (tertiary/aromatic N) is 2. The average molecular weight is 610 g/mol. The molecule has 3 amide bonds. The third-order valence-electron chi connectivity index (χ3n) is 8.84. The van der Waals surface area contributed by atoms with Crippen molar-refractivity contribution in [3.63, 3.8) is 0 Å². The van der Waals surface area contributed by atoms with Crippen molar-refractivity contribution in [2.75, 3.05) is 18.4 Å². The Hall–Kier alpha value is -5.08. The topological polar surface area (TPSA) is 178 Å². The third-order valence-corrected chi connectivity index (χ3v) is 8.84. The molecule has 1 aliphatic heterocycles. The van der Waals surface area contributed by atoms with Gasteiger partial charge in [0.05, 0.1) is 18.0 Å². The van der Waals surface area contributed by atoms with E-state index in [-0.39, 0.29) is 24.3 Å². The molecule has 0 radical (unpaired) electrons. The number of nitrogens with two attached hydrogens (primary N) is 2. The number of carbonyl (C=O) groups is 3. The van der Waals surface area contributed by atoms with Crippen LogP contribution in [0.4, 0.5) is 10.1 Å². The number of primary amides is 2. The number of benzene rings is 3. The lowest BCUT2D eigenvalue weighted by Crippen LogP contribution is -2.48. The lowest BCUT2D eigenvalue weighted by molar-refractivity contribution is -0.130. The molecule has 45 heavy (non-hydrogen) atoms. The van der Waals surface area contributed by atoms with E-state index in [2.05, 4.69) is 16.7 Å². The number of halogens is 1. The minimum Gasteiger partial charge on any atom is -0.366 e. The summed E-state index contributed by atoms with van der Waals surface area (Å²) >= 11 is 0. The molecule has 3 aromatic carbocycles. The zero-order valence-electron chi connectivity index (χ0n) is 25.0. The zero-order valence-corrected chi connectivity index (χ0v) is 25.0. The van der Waals surface area contributed by atoms with Crippen molar-refractivity contribution in [3.05, 3.63) is 99.9 Å². The van der Waals surface area contributed by atoms with Gasteiger partial charge in [-0.15, -0.1) is 0 Å². The van der Waals surface area contributed by atoms with Gasteiger partial charge in [-0.1, -0.05) is 12.1 Å². The predicted octanol–water partition coefficient (Wildman–Crippen LogP) is 3.38. The Labute approximate surface area is 261 Å². The summed E-state index contributed by atoms with van der Waals surface area (Å²) in [6.07, 6.45) is 2.73. The Bertz CT molecular complexity index is 1630. The number of nitriles is 1. The molecule has 3 aromatic rings. The van der Waals surface area contributed by atoms with Crippen LogP contribution in [0.15, 0.2) is 60.7 Å². The molecular formula is C34H36FN7O3. The maximum Gasteiger partial charge on any atom is 0.248 e. The highest BCUT2D eigenvalue weighted by molar-refractivity contribution is 6.05. The summed E-state index contributed by atoms with van der Waals surface area (Å²) in [7, 11) is 0. The Morgan fingerprint density at radius 1 is 1.02 bits per heavy atom. The fourth-order valence-corrected chi connectivity index (χ4v) is 6.62. The Morgan fingerprint density at radius 2 is 1.60 bits per heavy atom. The first kappa shape index (κ1) is 31.3. The van der Waals surface area contributed by atoms with Crippen molar-refractivity contribution in [1.29, 1.82) is 10.7 Å². The van der Waals surface area contributed by atoms with Crippen LogP contribution in [0, 0.1) is 22.6 Å². The van der Waals surface area contributed by atoms with Crippen LogP contribution in [-0.4, -0.2) is 53.6 Å². The van der Waals surface area contributed by atoms with E-state index in [9.17, 15) is 29.4 Å². The molecule has 0 saturated carbocycles. The van der Waals surface area contributed by atoms with Crippen LogP contribution >= 0.6 is 0 Å². The van der Waals surface area contributed by atoms with Gasteiger partial charge in [0.15, 0.2) is 0 Å². The van der Waals surface area contributed by atoms with Crippen molar-refractivity contribution < 1.29 is 18.8 Å². The molecule has 232 valence electrons. The van der Waals surface area contributed by atoms with Gasteiger partial charge in [-0.25, -0.2) is 4.39 Å². The molecular weight excluding hydrogens is 573 g/mol. The second-order valence-electron chi connectivity index (χ2n) is 11.7. The summed E-state index contributed by atoms with van der Waals surface area (Å²) in [5.41, 5.74) is 14.4. The molecule has 0 spiro atoms. The van der Waals surface area contributed by atoms with Gasteiger partial charge in [-0.3, -0.25) is 19.8 Å². The minimum absolute atomic E-state index is 0.00902. The molecule has 2 atom stereocenters. The normalized spacial score (nSPS) is 17.3. The monoisotopic (exact) mass is 609 g/mol. The van der Waals surface area contributed by atoms with Crippen molar-refractivity contribution >= 4 is 29.2 Å². The lowest BCUT2D eigenvalue weighted by Gasteiger charge is -2.39. The number of nitrogens with one attached hydrogen (secondary N) is 3. The number of rotatable bonds is 9. The highest BCUT2D eigenvalue weighted by Crippen LogP contribution is 2.45. The van der Waals surface area contributed by atoms with E-state index in [4.69, 9.17) is 11.5 Å². The number of hydrogen-bond acceptors (Lipinski definition) is 6. The van der Waals surface area contributed by atoms with Gasteiger partial charge < -0.3 is 27.0 Å². The number of fused-ring (bicyclic) bond motifs is 2. The van der Waals surface area contributed by atoms with Crippen molar-refractivity contribution in [1.82, 2.24) is 10.2 Å².